The zero-order valence-electron chi connectivity index (χ0n) is 15.0. The molecule has 134 valence electrons. The Labute approximate surface area is 147 Å². The van der Waals surface area contributed by atoms with Crippen LogP contribution in [0.25, 0.3) is 0 Å². The predicted molar refractivity (Wildman–Crippen MR) is 95.2 cm³/mol. The Bertz CT molecular complexity index is 721. The van der Waals surface area contributed by atoms with Gasteiger partial charge in [-0.1, -0.05) is 12.1 Å². The number of amides is 2. The van der Waals surface area contributed by atoms with Crippen molar-refractivity contribution in [1.82, 2.24) is 5.32 Å². The molecule has 2 N–H and O–H groups in total. The second-order valence-electron chi connectivity index (χ2n) is 6.50. The van der Waals surface area contributed by atoms with Crippen LogP contribution in [0.5, 0.6) is 5.75 Å². The van der Waals surface area contributed by atoms with Gasteiger partial charge in [-0.25, -0.2) is 0 Å². The van der Waals surface area contributed by atoms with Crippen LogP contribution in [0.4, 0.5) is 5.69 Å². The molecule has 0 radical (unpaired) electrons. The van der Waals surface area contributed by atoms with Crippen LogP contribution in [0.1, 0.15) is 33.5 Å². The maximum Gasteiger partial charge on any atom is 0.239 e. The Morgan fingerprint density at radius 3 is 2.48 bits per heavy atom. The Kier molecular flexibility index (Phi) is 5.85. The van der Waals surface area contributed by atoms with Crippen LogP contribution in [0, 0.1) is 5.41 Å². The minimum Gasteiger partial charge on any atom is -0.489 e. The minimum atomic E-state index is -1.25. The van der Waals surface area contributed by atoms with E-state index in [1.165, 1.54) is 6.26 Å². The summed E-state index contributed by atoms with van der Waals surface area (Å²) >= 11 is 0. The van der Waals surface area contributed by atoms with E-state index in [0.29, 0.717) is 17.2 Å². The van der Waals surface area contributed by atoms with Gasteiger partial charge in [0, 0.05) is 0 Å². The van der Waals surface area contributed by atoms with E-state index in [0.717, 1.165) is 0 Å². The summed E-state index contributed by atoms with van der Waals surface area (Å²) in [5.41, 5.74) is -0.717. The molecule has 2 rings (SSSR count). The minimum absolute atomic E-state index is 0.0253. The zero-order chi connectivity index (χ0) is 18.4. The molecule has 1 aromatic heterocycles. The summed E-state index contributed by atoms with van der Waals surface area (Å²) in [6.45, 7) is 7.20. The SMILES string of the molecule is CC(C)Oc1ccccc1NC(=O)C(C)(C)C(=O)NCc1ccco1. The number of anilines is 1. The third-order valence-electron chi connectivity index (χ3n) is 3.64. The quantitative estimate of drug-likeness (QED) is 0.755. The van der Waals surface area contributed by atoms with E-state index in [4.69, 9.17) is 9.15 Å². The summed E-state index contributed by atoms with van der Waals surface area (Å²) in [6, 6.07) is 10.6. The molecule has 0 aliphatic rings. The van der Waals surface area contributed by atoms with Crippen LogP contribution >= 0.6 is 0 Å². The summed E-state index contributed by atoms with van der Waals surface area (Å²) in [6.07, 6.45) is 1.51. The fraction of sp³-hybridized carbons (Fsp3) is 0.368. The summed E-state index contributed by atoms with van der Waals surface area (Å²) in [7, 11) is 0. The lowest BCUT2D eigenvalue weighted by Crippen LogP contribution is -2.44. The Hall–Kier alpha value is -2.76. The highest BCUT2D eigenvalue weighted by Gasteiger charge is 2.36. The molecule has 2 aromatic rings. The smallest absolute Gasteiger partial charge is 0.239 e. The molecule has 0 saturated heterocycles. The first-order valence-electron chi connectivity index (χ1n) is 8.18. The van der Waals surface area contributed by atoms with E-state index in [9.17, 15) is 9.59 Å². The normalized spacial score (nSPS) is 11.2. The molecular weight excluding hydrogens is 320 g/mol. The Morgan fingerprint density at radius 2 is 1.84 bits per heavy atom. The van der Waals surface area contributed by atoms with Gasteiger partial charge < -0.3 is 19.8 Å². The number of hydrogen-bond acceptors (Lipinski definition) is 4. The topological polar surface area (TPSA) is 80.6 Å². The van der Waals surface area contributed by atoms with E-state index in [1.807, 2.05) is 19.9 Å². The van der Waals surface area contributed by atoms with E-state index in [2.05, 4.69) is 10.6 Å². The highest BCUT2D eigenvalue weighted by atomic mass is 16.5. The lowest BCUT2D eigenvalue weighted by molar-refractivity contribution is -0.138. The highest BCUT2D eigenvalue weighted by molar-refractivity contribution is 6.10. The molecule has 0 aliphatic heterocycles. The van der Waals surface area contributed by atoms with Crippen molar-refractivity contribution in [2.75, 3.05) is 5.32 Å². The third kappa shape index (κ3) is 4.86. The van der Waals surface area contributed by atoms with Crippen LogP contribution < -0.4 is 15.4 Å². The number of hydrogen-bond donors (Lipinski definition) is 2. The molecule has 1 heterocycles. The summed E-state index contributed by atoms with van der Waals surface area (Å²) in [4.78, 5) is 25.0. The maximum atomic E-state index is 12.6. The van der Waals surface area contributed by atoms with Crippen molar-refractivity contribution in [3.8, 4) is 5.75 Å². The fourth-order valence-electron chi connectivity index (χ4n) is 2.11. The number of carbonyl (C=O) groups is 2. The maximum absolute atomic E-state index is 12.6. The van der Waals surface area contributed by atoms with Crippen molar-refractivity contribution < 1.29 is 18.7 Å². The average molecular weight is 344 g/mol. The van der Waals surface area contributed by atoms with Gasteiger partial charge in [-0.3, -0.25) is 9.59 Å². The van der Waals surface area contributed by atoms with Crippen molar-refractivity contribution in [1.29, 1.82) is 0 Å². The van der Waals surface area contributed by atoms with E-state index in [1.54, 1.807) is 44.2 Å². The molecule has 0 unspecified atom stereocenters. The van der Waals surface area contributed by atoms with Gasteiger partial charge in [0.2, 0.25) is 11.8 Å². The van der Waals surface area contributed by atoms with Gasteiger partial charge in [0.15, 0.2) is 0 Å². The average Bonchev–Trinajstić information content (AvgIpc) is 3.07. The molecule has 0 saturated carbocycles. The summed E-state index contributed by atoms with van der Waals surface area (Å²) < 4.78 is 10.9. The number of ether oxygens (including phenoxy) is 1. The number of furan rings is 1. The molecule has 0 bridgehead atoms. The van der Waals surface area contributed by atoms with Gasteiger partial charge in [-0.2, -0.15) is 0 Å². The number of carbonyl (C=O) groups excluding carboxylic acids is 2. The largest absolute Gasteiger partial charge is 0.489 e. The standard InChI is InChI=1S/C19H24N2O4/c1-13(2)25-16-10-6-5-9-15(16)21-18(23)19(3,4)17(22)20-12-14-8-7-11-24-14/h5-11,13H,12H2,1-4H3,(H,20,22)(H,21,23). The first-order valence-corrected chi connectivity index (χ1v) is 8.18. The number of benzene rings is 1. The van der Waals surface area contributed by atoms with E-state index in [-0.39, 0.29) is 18.6 Å². The van der Waals surface area contributed by atoms with Crippen LogP contribution in [-0.4, -0.2) is 17.9 Å². The first kappa shape index (κ1) is 18.6. The second-order valence-corrected chi connectivity index (χ2v) is 6.50. The molecule has 2 amide bonds. The van der Waals surface area contributed by atoms with Crippen LogP contribution in [0.2, 0.25) is 0 Å². The lowest BCUT2D eigenvalue weighted by Gasteiger charge is -2.23. The molecule has 0 aliphatic carbocycles. The summed E-state index contributed by atoms with van der Waals surface area (Å²) in [5.74, 6) is 0.394. The number of rotatable bonds is 7. The van der Waals surface area contributed by atoms with Crippen molar-refractivity contribution in [2.45, 2.75) is 40.3 Å². The predicted octanol–water partition coefficient (Wildman–Crippen LogP) is 3.35. The molecule has 6 nitrogen and oxygen atoms in total. The van der Waals surface area contributed by atoms with E-state index >= 15 is 0 Å². The molecule has 0 atom stereocenters. The number of para-hydroxylation sites is 2. The summed E-state index contributed by atoms with van der Waals surface area (Å²) in [5, 5.41) is 5.50. The molecule has 6 heteroatoms. The highest BCUT2D eigenvalue weighted by Crippen LogP contribution is 2.27. The third-order valence-corrected chi connectivity index (χ3v) is 3.64. The second kappa shape index (κ2) is 7.88. The van der Waals surface area contributed by atoms with E-state index < -0.39 is 11.3 Å². The monoisotopic (exact) mass is 344 g/mol. The van der Waals surface area contributed by atoms with Gasteiger partial charge in [-0.15, -0.1) is 0 Å². The Morgan fingerprint density at radius 1 is 1.12 bits per heavy atom. The van der Waals surface area contributed by atoms with Gasteiger partial charge in [0.1, 0.15) is 16.9 Å². The van der Waals surface area contributed by atoms with Gasteiger partial charge in [0.05, 0.1) is 24.6 Å². The van der Waals surface area contributed by atoms with Crippen molar-refractivity contribution in [3.63, 3.8) is 0 Å². The molecule has 25 heavy (non-hydrogen) atoms. The van der Waals surface area contributed by atoms with Gasteiger partial charge in [0.25, 0.3) is 0 Å². The Balaban J connectivity index is 2.04. The van der Waals surface area contributed by atoms with Crippen molar-refractivity contribution in [3.05, 3.63) is 48.4 Å². The first-order chi connectivity index (χ1) is 11.8. The van der Waals surface area contributed by atoms with Crippen LogP contribution in [0.3, 0.4) is 0 Å². The lowest BCUT2D eigenvalue weighted by atomic mass is 9.91. The van der Waals surface area contributed by atoms with Crippen LogP contribution in [0.15, 0.2) is 47.1 Å². The molecule has 0 spiro atoms. The van der Waals surface area contributed by atoms with Crippen molar-refractivity contribution >= 4 is 17.5 Å². The molecule has 1 aromatic carbocycles. The van der Waals surface area contributed by atoms with Gasteiger partial charge in [-0.05, 0) is 52.0 Å². The van der Waals surface area contributed by atoms with Gasteiger partial charge >= 0.3 is 0 Å². The zero-order valence-corrected chi connectivity index (χ0v) is 15.0. The van der Waals surface area contributed by atoms with Crippen molar-refractivity contribution in [2.24, 2.45) is 5.41 Å². The molecule has 0 fully saturated rings. The fourth-order valence-corrected chi connectivity index (χ4v) is 2.11. The van der Waals surface area contributed by atoms with Crippen LogP contribution in [-0.2, 0) is 16.1 Å². The molecular formula is C19H24N2O4. The number of nitrogens with one attached hydrogen (secondary N) is 2.